The first-order valence-corrected chi connectivity index (χ1v) is 4.73. The fraction of sp³-hybridized carbons (Fsp3) is 0.250. The van der Waals surface area contributed by atoms with Gasteiger partial charge in [-0.3, -0.25) is 0 Å². The molecule has 14 heavy (non-hydrogen) atoms. The zero-order valence-electron chi connectivity index (χ0n) is 7.61. The standard InChI is InChI=1S/C8H9FO4S/c1-12-6-3-5(9)4-7(13-2)8(6)14(10)11/h3-4H,1-2H3,(H,10,11). The molecule has 0 bridgehead atoms. The van der Waals surface area contributed by atoms with E-state index in [0.717, 1.165) is 12.1 Å². The second-order valence-electron chi connectivity index (χ2n) is 2.39. The molecule has 1 aromatic rings. The van der Waals surface area contributed by atoms with E-state index in [4.69, 9.17) is 14.0 Å². The molecule has 0 aromatic heterocycles. The maximum Gasteiger partial charge on any atom is 0.194 e. The number of rotatable bonds is 3. The summed E-state index contributed by atoms with van der Waals surface area (Å²) >= 11 is -2.28. The van der Waals surface area contributed by atoms with Crippen LogP contribution in [0.1, 0.15) is 0 Å². The highest BCUT2D eigenvalue weighted by Crippen LogP contribution is 2.32. The minimum atomic E-state index is -2.28. The van der Waals surface area contributed by atoms with Gasteiger partial charge < -0.3 is 14.0 Å². The van der Waals surface area contributed by atoms with E-state index in [-0.39, 0.29) is 16.4 Å². The Kier molecular flexibility index (Phi) is 3.43. The lowest BCUT2D eigenvalue weighted by Crippen LogP contribution is -1.99. The predicted octanol–water partition coefficient (Wildman–Crippen LogP) is 1.42. The summed E-state index contributed by atoms with van der Waals surface area (Å²) in [7, 11) is 2.56. The number of benzene rings is 1. The largest absolute Gasteiger partial charge is 0.495 e. The molecular weight excluding hydrogens is 211 g/mol. The van der Waals surface area contributed by atoms with Gasteiger partial charge in [0.1, 0.15) is 17.3 Å². The molecular formula is C8H9FO4S. The number of hydrogen-bond donors (Lipinski definition) is 1. The molecule has 0 amide bonds. The quantitative estimate of drug-likeness (QED) is 0.783. The number of halogens is 1. The second kappa shape index (κ2) is 4.39. The minimum Gasteiger partial charge on any atom is -0.495 e. The van der Waals surface area contributed by atoms with Crippen LogP contribution in [0.4, 0.5) is 4.39 Å². The maximum atomic E-state index is 12.9. The topological polar surface area (TPSA) is 55.8 Å². The van der Waals surface area contributed by atoms with Crippen molar-refractivity contribution in [3.63, 3.8) is 0 Å². The molecule has 0 radical (unpaired) electrons. The Hall–Kier alpha value is -1.14. The summed E-state index contributed by atoms with van der Waals surface area (Å²) in [5.41, 5.74) is 0. The van der Waals surface area contributed by atoms with E-state index < -0.39 is 16.9 Å². The molecule has 1 unspecified atom stereocenters. The van der Waals surface area contributed by atoms with E-state index in [9.17, 15) is 8.60 Å². The van der Waals surface area contributed by atoms with Crippen LogP contribution in [0.25, 0.3) is 0 Å². The van der Waals surface area contributed by atoms with Gasteiger partial charge in [-0.2, -0.15) is 0 Å². The van der Waals surface area contributed by atoms with Gasteiger partial charge in [0.25, 0.3) is 0 Å². The van der Waals surface area contributed by atoms with Crippen molar-refractivity contribution in [2.24, 2.45) is 0 Å². The average molecular weight is 220 g/mol. The predicted molar refractivity (Wildman–Crippen MR) is 48.5 cm³/mol. The Morgan fingerprint density at radius 1 is 1.29 bits per heavy atom. The fourth-order valence-corrected chi connectivity index (χ4v) is 1.65. The summed E-state index contributed by atoms with van der Waals surface area (Å²) < 4.78 is 42.2. The van der Waals surface area contributed by atoms with Crippen LogP contribution in [0.2, 0.25) is 0 Å². The molecule has 6 heteroatoms. The van der Waals surface area contributed by atoms with Crippen molar-refractivity contribution in [2.75, 3.05) is 14.2 Å². The number of methoxy groups -OCH3 is 2. The molecule has 1 rings (SSSR count). The zero-order valence-corrected chi connectivity index (χ0v) is 8.43. The van der Waals surface area contributed by atoms with Crippen LogP contribution in [0.15, 0.2) is 17.0 Å². The fourth-order valence-electron chi connectivity index (χ4n) is 1.02. The summed E-state index contributed by atoms with van der Waals surface area (Å²) in [5.74, 6) is -0.613. The molecule has 0 heterocycles. The van der Waals surface area contributed by atoms with Crippen molar-refractivity contribution in [2.45, 2.75) is 4.90 Å². The third-order valence-electron chi connectivity index (χ3n) is 1.60. The summed E-state index contributed by atoms with van der Waals surface area (Å²) in [5, 5.41) is 0. The first kappa shape index (κ1) is 10.9. The van der Waals surface area contributed by atoms with Crippen molar-refractivity contribution in [3.05, 3.63) is 17.9 Å². The molecule has 1 aromatic carbocycles. The molecule has 0 aliphatic rings. The third-order valence-corrected chi connectivity index (χ3v) is 2.35. The average Bonchev–Trinajstić information content (AvgIpc) is 2.15. The highest BCUT2D eigenvalue weighted by atomic mass is 32.2. The van der Waals surface area contributed by atoms with Gasteiger partial charge in [0.15, 0.2) is 16.0 Å². The Morgan fingerprint density at radius 2 is 1.71 bits per heavy atom. The lowest BCUT2D eigenvalue weighted by Gasteiger charge is -2.09. The minimum absolute atomic E-state index is 0.0114. The van der Waals surface area contributed by atoms with Gasteiger partial charge in [-0.15, -0.1) is 0 Å². The number of hydrogen-bond acceptors (Lipinski definition) is 3. The molecule has 1 N–H and O–H groups in total. The highest BCUT2D eigenvalue weighted by molar-refractivity contribution is 7.79. The maximum absolute atomic E-state index is 12.9. The van der Waals surface area contributed by atoms with Crippen LogP contribution in [0.3, 0.4) is 0 Å². The van der Waals surface area contributed by atoms with Gasteiger partial charge in [-0.05, 0) is 0 Å². The van der Waals surface area contributed by atoms with Crippen LogP contribution in [0, 0.1) is 5.82 Å². The first-order chi connectivity index (χ1) is 6.60. The third kappa shape index (κ3) is 2.02. The van der Waals surface area contributed by atoms with Gasteiger partial charge in [0, 0.05) is 12.1 Å². The van der Waals surface area contributed by atoms with Crippen LogP contribution in [0.5, 0.6) is 11.5 Å². The second-order valence-corrected chi connectivity index (χ2v) is 3.30. The van der Waals surface area contributed by atoms with E-state index in [1.54, 1.807) is 0 Å². The molecule has 0 spiro atoms. The Morgan fingerprint density at radius 3 is 2.00 bits per heavy atom. The molecule has 78 valence electrons. The first-order valence-electron chi connectivity index (χ1n) is 3.62. The Bertz CT molecular complexity index is 341. The van der Waals surface area contributed by atoms with E-state index in [1.807, 2.05) is 0 Å². The van der Waals surface area contributed by atoms with Gasteiger partial charge >= 0.3 is 0 Å². The summed E-state index contributed by atoms with van der Waals surface area (Å²) in [6.45, 7) is 0. The van der Waals surface area contributed by atoms with Gasteiger partial charge in [-0.1, -0.05) is 0 Å². The molecule has 0 saturated carbocycles. The molecule has 4 nitrogen and oxygen atoms in total. The summed E-state index contributed by atoms with van der Waals surface area (Å²) in [6, 6.07) is 2.04. The van der Waals surface area contributed by atoms with E-state index >= 15 is 0 Å². The van der Waals surface area contributed by atoms with Crippen LogP contribution >= 0.6 is 0 Å². The van der Waals surface area contributed by atoms with Crippen LogP contribution in [-0.2, 0) is 11.1 Å². The van der Waals surface area contributed by atoms with E-state index in [2.05, 4.69) is 0 Å². The smallest absolute Gasteiger partial charge is 0.194 e. The Balaban J connectivity index is 3.40. The van der Waals surface area contributed by atoms with Crippen molar-refractivity contribution in [1.29, 1.82) is 0 Å². The molecule has 0 fully saturated rings. The van der Waals surface area contributed by atoms with Crippen molar-refractivity contribution in [3.8, 4) is 11.5 Å². The summed E-state index contributed by atoms with van der Waals surface area (Å²) in [4.78, 5) is -0.0728. The van der Waals surface area contributed by atoms with Crippen LogP contribution < -0.4 is 9.47 Å². The SMILES string of the molecule is COc1cc(F)cc(OC)c1S(=O)O. The van der Waals surface area contributed by atoms with Gasteiger partial charge in [0.05, 0.1) is 14.2 Å². The normalized spacial score (nSPS) is 12.3. The van der Waals surface area contributed by atoms with Crippen molar-refractivity contribution < 1.29 is 22.6 Å². The summed E-state index contributed by atoms with van der Waals surface area (Å²) in [6.07, 6.45) is 0. The lowest BCUT2D eigenvalue weighted by molar-refractivity contribution is 0.367. The molecule has 0 aliphatic heterocycles. The van der Waals surface area contributed by atoms with Crippen LogP contribution in [-0.4, -0.2) is 23.0 Å². The molecule has 0 saturated heterocycles. The molecule has 0 aliphatic carbocycles. The monoisotopic (exact) mass is 220 g/mol. The highest BCUT2D eigenvalue weighted by Gasteiger charge is 2.17. The number of ether oxygens (including phenoxy) is 2. The van der Waals surface area contributed by atoms with Gasteiger partial charge in [0.2, 0.25) is 0 Å². The van der Waals surface area contributed by atoms with E-state index in [1.165, 1.54) is 14.2 Å². The van der Waals surface area contributed by atoms with Gasteiger partial charge in [-0.25, -0.2) is 8.60 Å². The zero-order chi connectivity index (χ0) is 10.7. The van der Waals surface area contributed by atoms with Crippen molar-refractivity contribution in [1.82, 2.24) is 0 Å². The lowest BCUT2D eigenvalue weighted by atomic mass is 10.3. The molecule has 1 atom stereocenters. The Labute approximate surface area is 82.9 Å². The van der Waals surface area contributed by atoms with E-state index in [0.29, 0.717) is 0 Å². The van der Waals surface area contributed by atoms with Crippen molar-refractivity contribution >= 4 is 11.1 Å².